The highest BCUT2D eigenvalue weighted by Crippen LogP contribution is 2.35. The molecular formula is C14H11F3N2O3. The number of carbonyl (C=O) groups excluding carboxylic acids is 2. The second kappa shape index (κ2) is 5.67. The van der Waals surface area contributed by atoms with Crippen LogP contribution in [0.2, 0.25) is 0 Å². The van der Waals surface area contributed by atoms with E-state index in [4.69, 9.17) is 0 Å². The van der Waals surface area contributed by atoms with Crippen LogP contribution < -0.4 is 0 Å². The molecule has 1 aliphatic heterocycles. The van der Waals surface area contributed by atoms with E-state index in [0.717, 1.165) is 7.11 Å². The first-order chi connectivity index (χ1) is 10.3. The normalized spacial score (nSPS) is 17.4. The van der Waals surface area contributed by atoms with Gasteiger partial charge in [-0.1, -0.05) is 12.1 Å². The summed E-state index contributed by atoms with van der Waals surface area (Å²) in [6.45, 7) is -0.242. The Morgan fingerprint density at radius 2 is 2.09 bits per heavy atom. The molecule has 0 fully saturated rings. The van der Waals surface area contributed by atoms with Crippen molar-refractivity contribution in [3.05, 3.63) is 34.9 Å². The van der Waals surface area contributed by atoms with Crippen LogP contribution >= 0.6 is 0 Å². The highest BCUT2D eigenvalue weighted by atomic mass is 19.4. The average Bonchev–Trinajstić information content (AvgIpc) is 2.50. The lowest BCUT2D eigenvalue weighted by Gasteiger charge is -2.34. The lowest BCUT2D eigenvalue weighted by molar-refractivity contribution is -0.187. The molecule has 1 aliphatic rings. The number of hydrogen-bond acceptors (Lipinski definition) is 4. The Balaban J connectivity index is 2.54. The molecule has 22 heavy (non-hydrogen) atoms. The van der Waals surface area contributed by atoms with E-state index in [0.29, 0.717) is 10.5 Å². The summed E-state index contributed by atoms with van der Waals surface area (Å²) >= 11 is 0. The van der Waals surface area contributed by atoms with Gasteiger partial charge in [-0.05, 0) is 18.1 Å². The lowest BCUT2D eigenvalue weighted by Crippen LogP contribution is -2.46. The fraction of sp³-hybridized carbons (Fsp3) is 0.357. The van der Waals surface area contributed by atoms with Crippen LogP contribution in [0.5, 0.6) is 0 Å². The molecule has 1 unspecified atom stereocenters. The van der Waals surface area contributed by atoms with E-state index in [1.54, 1.807) is 18.2 Å². The zero-order valence-electron chi connectivity index (χ0n) is 11.5. The Labute approximate surface area is 123 Å². The van der Waals surface area contributed by atoms with Gasteiger partial charge in [0.25, 0.3) is 0 Å². The van der Waals surface area contributed by atoms with Crippen LogP contribution in [0.3, 0.4) is 0 Å². The SMILES string of the molecule is COC(=O)c1cccc2c1C(C#N)N(C(=O)C(F)(F)F)CC2. The molecule has 2 rings (SSSR count). The minimum Gasteiger partial charge on any atom is -0.465 e. The van der Waals surface area contributed by atoms with E-state index < -0.39 is 24.1 Å². The maximum atomic E-state index is 12.7. The fourth-order valence-electron chi connectivity index (χ4n) is 2.48. The summed E-state index contributed by atoms with van der Waals surface area (Å²) in [5.74, 6) is -2.86. The van der Waals surface area contributed by atoms with Crippen LogP contribution in [0.1, 0.15) is 27.5 Å². The van der Waals surface area contributed by atoms with Crippen molar-refractivity contribution in [2.45, 2.75) is 18.6 Å². The molecule has 1 aromatic carbocycles. The summed E-state index contributed by atoms with van der Waals surface area (Å²) in [5.41, 5.74) is 0.646. The first-order valence-electron chi connectivity index (χ1n) is 6.28. The van der Waals surface area contributed by atoms with Gasteiger partial charge in [0.15, 0.2) is 0 Å². The minimum atomic E-state index is -5.08. The van der Waals surface area contributed by atoms with Crippen molar-refractivity contribution >= 4 is 11.9 Å². The molecule has 5 nitrogen and oxygen atoms in total. The van der Waals surface area contributed by atoms with Gasteiger partial charge in [-0.15, -0.1) is 0 Å². The Hall–Kier alpha value is -2.56. The molecule has 0 radical (unpaired) electrons. The summed E-state index contributed by atoms with van der Waals surface area (Å²) < 4.78 is 42.5. The van der Waals surface area contributed by atoms with Gasteiger partial charge >= 0.3 is 18.1 Å². The lowest BCUT2D eigenvalue weighted by atomic mass is 9.89. The average molecular weight is 312 g/mol. The summed E-state index contributed by atoms with van der Waals surface area (Å²) in [7, 11) is 1.13. The predicted molar refractivity (Wildman–Crippen MR) is 67.6 cm³/mol. The Morgan fingerprint density at radius 1 is 1.41 bits per heavy atom. The number of halogens is 3. The Morgan fingerprint density at radius 3 is 2.64 bits per heavy atom. The first kappa shape index (κ1) is 15.8. The van der Waals surface area contributed by atoms with Crippen LogP contribution in [0.15, 0.2) is 18.2 Å². The highest BCUT2D eigenvalue weighted by molar-refractivity contribution is 5.92. The summed E-state index contributed by atoms with van der Waals surface area (Å²) in [6, 6.07) is 4.73. The minimum absolute atomic E-state index is 0.00813. The quantitative estimate of drug-likeness (QED) is 0.744. The first-order valence-corrected chi connectivity index (χ1v) is 6.28. The molecule has 116 valence electrons. The number of esters is 1. The van der Waals surface area contributed by atoms with Crippen LogP contribution in [0.4, 0.5) is 13.2 Å². The van der Waals surface area contributed by atoms with E-state index in [1.807, 2.05) is 0 Å². The third-order valence-corrected chi connectivity index (χ3v) is 3.43. The van der Waals surface area contributed by atoms with Gasteiger partial charge in [-0.2, -0.15) is 18.4 Å². The van der Waals surface area contributed by atoms with Gasteiger partial charge in [0.2, 0.25) is 0 Å². The fourth-order valence-corrected chi connectivity index (χ4v) is 2.48. The number of ether oxygens (including phenoxy) is 1. The van der Waals surface area contributed by atoms with E-state index in [9.17, 15) is 28.0 Å². The zero-order chi connectivity index (χ0) is 16.5. The molecule has 1 heterocycles. The van der Waals surface area contributed by atoms with Gasteiger partial charge in [-0.3, -0.25) is 4.79 Å². The van der Waals surface area contributed by atoms with Crippen molar-refractivity contribution in [1.29, 1.82) is 5.26 Å². The molecule has 0 spiro atoms. The summed E-state index contributed by atoms with van der Waals surface area (Å²) in [5, 5.41) is 9.24. The standard InChI is InChI=1S/C14H11F3N2O3/c1-22-12(20)9-4-2-3-8-5-6-19(10(7-18)11(8)9)13(21)14(15,16)17/h2-4,10H,5-6H2,1H3. The Kier molecular flexibility index (Phi) is 4.08. The van der Waals surface area contributed by atoms with Gasteiger partial charge in [-0.25, -0.2) is 4.79 Å². The van der Waals surface area contributed by atoms with Crippen molar-refractivity contribution in [2.24, 2.45) is 0 Å². The number of amides is 1. The molecule has 0 N–H and O–H groups in total. The third kappa shape index (κ3) is 2.62. The van der Waals surface area contributed by atoms with Crippen LogP contribution in [-0.2, 0) is 16.0 Å². The van der Waals surface area contributed by atoms with Crippen LogP contribution in [0.25, 0.3) is 0 Å². The summed E-state index contributed by atoms with van der Waals surface area (Å²) in [6.07, 6.45) is -4.95. The van der Waals surface area contributed by atoms with E-state index in [-0.39, 0.29) is 24.1 Å². The summed E-state index contributed by atoms with van der Waals surface area (Å²) in [4.78, 5) is 23.7. The van der Waals surface area contributed by atoms with E-state index in [2.05, 4.69) is 4.74 Å². The molecule has 1 amide bonds. The monoisotopic (exact) mass is 312 g/mol. The number of rotatable bonds is 1. The third-order valence-electron chi connectivity index (χ3n) is 3.43. The van der Waals surface area contributed by atoms with Crippen molar-refractivity contribution in [1.82, 2.24) is 4.90 Å². The molecule has 0 bridgehead atoms. The molecular weight excluding hydrogens is 301 g/mol. The largest absolute Gasteiger partial charge is 0.471 e. The maximum absolute atomic E-state index is 12.7. The number of nitrogens with zero attached hydrogens (tertiary/aromatic N) is 2. The molecule has 0 aliphatic carbocycles. The highest BCUT2D eigenvalue weighted by Gasteiger charge is 2.47. The second-order valence-electron chi connectivity index (χ2n) is 4.65. The van der Waals surface area contributed by atoms with Crippen LogP contribution in [0, 0.1) is 11.3 Å². The topological polar surface area (TPSA) is 70.4 Å². The number of benzene rings is 1. The molecule has 1 aromatic rings. The zero-order valence-corrected chi connectivity index (χ0v) is 11.5. The van der Waals surface area contributed by atoms with Gasteiger partial charge in [0.05, 0.1) is 18.7 Å². The van der Waals surface area contributed by atoms with Crippen molar-refractivity contribution in [3.8, 4) is 6.07 Å². The van der Waals surface area contributed by atoms with Gasteiger partial charge in [0.1, 0.15) is 6.04 Å². The number of nitriles is 1. The molecule has 8 heteroatoms. The van der Waals surface area contributed by atoms with Crippen LogP contribution in [-0.4, -0.2) is 36.6 Å². The maximum Gasteiger partial charge on any atom is 0.471 e. The number of fused-ring (bicyclic) bond motifs is 1. The number of alkyl halides is 3. The van der Waals surface area contributed by atoms with Crippen molar-refractivity contribution in [3.63, 3.8) is 0 Å². The predicted octanol–water partition coefficient (Wildman–Crippen LogP) is 1.98. The Bertz CT molecular complexity index is 664. The van der Waals surface area contributed by atoms with E-state index in [1.165, 1.54) is 6.07 Å². The smallest absolute Gasteiger partial charge is 0.465 e. The molecule has 0 saturated carbocycles. The van der Waals surface area contributed by atoms with E-state index >= 15 is 0 Å². The number of carbonyl (C=O) groups is 2. The number of hydrogen-bond donors (Lipinski definition) is 0. The second-order valence-corrected chi connectivity index (χ2v) is 4.65. The molecule has 1 atom stereocenters. The molecule has 0 aromatic heterocycles. The molecule has 0 saturated heterocycles. The van der Waals surface area contributed by atoms with Crippen molar-refractivity contribution < 1.29 is 27.5 Å². The van der Waals surface area contributed by atoms with Gasteiger partial charge in [0, 0.05) is 12.1 Å². The van der Waals surface area contributed by atoms with Gasteiger partial charge < -0.3 is 9.64 Å². The number of methoxy groups -OCH3 is 1. The van der Waals surface area contributed by atoms with Crippen molar-refractivity contribution in [2.75, 3.05) is 13.7 Å².